The van der Waals surface area contributed by atoms with Crippen LogP contribution in [0.5, 0.6) is 0 Å². The van der Waals surface area contributed by atoms with Gasteiger partial charge in [-0.15, -0.1) is 11.3 Å². The molecule has 0 aromatic carbocycles. The van der Waals surface area contributed by atoms with Gasteiger partial charge in [-0.2, -0.15) is 0 Å². The van der Waals surface area contributed by atoms with E-state index in [2.05, 4.69) is 50.9 Å². The van der Waals surface area contributed by atoms with Gasteiger partial charge >= 0.3 is 0 Å². The number of carbonyl (C=O) groups is 1. The number of hydrogen-bond acceptors (Lipinski definition) is 5. The molecule has 0 radical (unpaired) electrons. The first-order valence-electron chi connectivity index (χ1n) is 10.1. The summed E-state index contributed by atoms with van der Waals surface area (Å²) in [7, 11) is 0. The predicted octanol–water partition coefficient (Wildman–Crippen LogP) is 4.67. The van der Waals surface area contributed by atoms with Crippen molar-refractivity contribution in [1.29, 1.82) is 0 Å². The van der Waals surface area contributed by atoms with Crippen molar-refractivity contribution < 1.29 is 4.79 Å². The second-order valence-corrected chi connectivity index (χ2v) is 10.3. The first-order chi connectivity index (χ1) is 13.1. The lowest BCUT2D eigenvalue weighted by molar-refractivity contribution is 0.0935. The zero-order valence-corrected chi connectivity index (χ0v) is 18.7. The molecule has 28 heavy (non-hydrogen) atoms. The van der Waals surface area contributed by atoms with Gasteiger partial charge in [-0.3, -0.25) is 4.79 Å². The third-order valence-corrected chi connectivity index (χ3v) is 6.13. The van der Waals surface area contributed by atoms with Gasteiger partial charge in [-0.05, 0) is 31.9 Å². The zero-order valence-electron chi connectivity index (χ0n) is 17.9. The number of carbonyl (C=O) groups excluding carboxylic acids is 1. The van der Waals surface area contributed by atoms with Gasteiger partial charge < -0.3 is 10.2 Å². The SMILES string of the molecule is Cc1ccc(C(=O)NC2CCN(c3cc(C(C)(C)C)nc(C(C)C)n3)CC2)s1. The van der Waals surface area contributed by atoms with Crippen molar-refractivity contribution in [2.45, 2.75) is 71.8 Å². The van der Waals surface area contributed by atoms with Crippen molar-refractivity contribution >= 4 is 23.1 Å². The van der Waals surface area contributed by atoms with Crippen molar-refractivity contribution in [3.05, 3.63) is 39.5 Å². The molecule has 1 saturated heterocycles. The molecule has 1 aliphatic heterocycles. The molecule has 1 fully saturated rings. The second kappa shape index (κ2) is 8.19. The summed E-state index contributed by atoms with van der Waals surface area (Å²) in [4.78, 5) is 26.3. The minimum atomic E-state index is -0.00747. The van der Waals surface area contributed by atoms with Crippen LogP contribution in [0.2, 0.25) is 0 Å². The fourth-order valence-corrected chi connectivity index (χ4v) is 4.09. The summed E-state index contributed by atoms with van der Waals surface area (Å²) in [6.45, 7) is 14.7. The van der Waals surface area contributed by atoms with Crippen LogP contribution in [-0.4, -0.2) is 35.0 Å². The summed E-state index contributed by atoms with van der Waals surface area (Å²) in [5.41, 5.74) is 1.08. The first kappa shape index (κ1) is 20.8. The van der Waals surface area contributed by atoms with E-state index in [4.69, 9.17) is 9.97 Å². The molecule has 1 amide bonds. The largest absolute Gasteiger partial charge is 0.356 e. The fraction of sp³-hybridized carbons (Fsp3) is 0.591. The Morgan fingerprint density at radius 3 is 2.43 bits per heavy atom. The number of rotatable bonds is 4. The molecular formula is C22H32N4OS. The highest BCUT2D eigenvalue weighted by Gasteiger charge is 2.25. The molecule has 0 atom stereocenters. The van der Waals surface area contributed by atoms with E-state index in [1.807, 2.05) is 19.1 Å². The van der Waals surface area contributed by atoms with E-state index in [1.54, 1.807) is 11.3 Å². The number of nitrogens with zero attached hydrogens (tertiary/aromatic N) is 3. The Morgan fingerprint density at radius 1 is 1.21 bits per heavy atom. The van der Waals surface area contributed by atoms with Crippen LogP contribution in [0.15, 0.2) is 18.2 Å². The highest BCUT2D eigenvalue weighted by Crippen LogP contribution is 2.27. The number of piperidine rings is 1. The van der Waals surface area contributed by atoms with E-state index in [9.17, 15) is 4.79 Å². The second-order valence-electron chi connectivity index (χ2n) is 9.02. The monoisotopic (exact) mass is 400 g/mol. The van der Waals surface area contributed by atoms with Gasteiger partial charge in [-0.25, -0.2) is 9.97 Å². The molecule has 3 rings (SSSR count). The molecule has 0 aliphatic carbocycles. The number of anilines is 1. The summed E-state index contributed by atoms with van der Waals surface area (Å²) in [5, 5.41) is 3.20. The number of aryl methyl sites for hydroxylation is 1. The number of nitrogens with one attached hydrogen (secondary N) is 1. The van der Waals surface area contributed by atoms with Crippen molar-refractivity contribution in [3.63, 3.8) is 0 Å². The predicted molar refractivity (Wildman–Crippen MR) is 117 cm³/mol. The summed E-state index contributed by atoms with van der Waals surface area (Å²) in [5.74, 6) is 2.27. The summed E-state index contributed by atoms with van der Waals surface area (Å²) in [6, 6.07) is 6.27. The zero-order chi connectivity index (χ0) is 20.5. The molecule has 6 heteroatoms. The first-order valence-corrected chi connectivity index (χ1v) is 11.0. The number of amides is 1. The maximum absolute atomic E-state index is 12.4. The molecule has 152 valence electrons. The van der Waals surface area contributed by atoms with E-state index in [0.29, 0.717) is 5.92 Å². The molecule has 0 spiro atoms. The normalized spacial score (nSPS) is 15.9. The number of thiophene rings is 1. The molecule has 0 bridgehead atoms. The summed E-state index contributed by atoms with van der Waals surface area (Å²) >= 11 is 1.55. The number of hydrogen-bond donors (Lipinski definition) is 1. The minimum Gasteiger partial charge on any atom is -0.356 e. The average Bonchev–Trinajstić information content (AvgIpc) is 3.08. The van der Waals surface area contributed by atoms with Gasteiger partial charge in [-0.1, -0.05) is 34.6 Å². The highest BCUT2D eigenvalue weighted by atomic mass is 32.1. The third-order valence-electron chi connectivity index (χ3n) is 5.13. The topological polar surface area (TPSA) is 58.1 Å². The standard InChI is InChI=1S/C22H32N4OS/c1-14(2)20-24-18(22(4,5)6)13-19(25-20)26-11-9-16(10-12-26)23-21(27)17-8-7-15(3)28-17/h7-8,13-14,16H,9-12H2,1-6H3,(H,23,27). The van der Waals surface area contributed by atoms with Gasteiger partial charge in [0.2, 0.25) is 0 Å². The van der Waals surface area contributed by atoms with Crippen LogP contribution in [0.3, 0.4) is 0 Å². The van der Waals surface area contributed by atoms with Crippen LogP contribution < -0.4 is 10.2 Å². The molecule has 2 aromatic heterocycles. The lowest BCUT2D eigenvalue weighted by Crippen LogP contribution is -2.45. The van der Waals surface area contributed by atoms with Crippen LogP contribution >= 0.6 is 11.3 Å². The molecule has 1 aliphatic rings. The highest BCUT2D eigenvalue weighted by molar-refractivity contribution is 7.13. The molecule has 3 heterocycles. The van der Waals surface area contributed by atoms with Crippen molar-refractivity contribution in [1.82, 2.24) is 15.3 Å². The maximum atomic E-state index is 12.4. The third kappa shape index (κ3) is 4.90. The Morgan fingerprint density at radius 2 is 1.89 bits per heavy atom. The van der Waals surface area contributed by atoms with E-state index >= 15 is 0 Å². The smallest absolute Gasteiger partial charge is 0.261 e. The fourth-order valence-electron chi connectivity index (χ4n) is 3.32. The lowest BCUT2D eigenvalue weighted by atomic mass is 9.91. The van der Waals surface area contributed by atoms with E-state index in [1.165, 1.54) is 4.88 Å². The Balaban J connectivity index is 1.67. The van der Waals surface area contributed by atoms with Crippen molar-refractivity contribution in [2.24, 2.45) is 0 Å². The molecule has 0 saturated carbocycles. The van der Waals surface area contributed by atoms with Gasteiger partial charge in [0.25, 0.3) is 5.91 Å². The van der Waals surface area contributed by atoms with Gasteiger partial charge in [0, 0.05) is 41.4 Å². The van der Waals surface area contributed by atoms with Gasteiger partial charge in [0.1, 0.15) is 11.6 Å². The Kier molecular flexibility index (Phi) is 6.08. The van der Waals surface area contributed by atoms with Crippen LogP contribution in [0.1, 0.15) is 79.4 Å². The molecular weight excluding hydrogens is 368 g/mol. The minimum absolute atomic E-state index is 0.00747. The number of aromatic nitrogens is 2. The Labute approximate surface area is 172 Å². The van der Waals surface area contributed by atoms with Crippen LogP contribution in [-0.2, 0) is 5.41 Å². The lowest BCUT2D eigenvalue weighted by Gasteiger charge is -2.34. The molecule has 2 aromatic rings. The van der Waals surface area contributed by atoms with Crippen LogP contribution in [0.25, 0.3) is 0 Å². The summed E-state index contributed by atoms with van der Waals surface area (Å²) < 4.78 is 0. The van der Waals surface area contributed by atoms with Gasteiger partial charge in [0.15, 0.2) is 0 Å². The Hall–Kier alpha value is -1.95. The van der Waals surface area contributed by atoms with Crippen molar-refractivity contribution in [2.75, 3.05) is 18.0 Å². The van der Waals surface area contributed by atoms with Crippen LogP contribution in [0.4, 0.5) is 5.82 Å². The van der Waals surface area contributed by atoms with Crippen molar-refractivity contribution in [3.8, 4) is 0 Å². The van der Waals surface area contributed by atoms with Crippen LogP contribution in [0, 0.1) is 6.92 Å². The van der Waals surface area contributed by atoms with Gasteiger partial charge in [0.05, 0.1) is 10.6 Å². The Bertz CT molecular complexity index is 829. The van der Waals surface area contributed by atoms with E-state index < -0.39 is 0 Å². The quantitative estimate of drug-likeness (QED) is 0.810. The molecule has 5 nitrogen and oxygen atoms in total. The molecule has 0 unspecified atom stereocenters. The summed E-state index contributed by atoms with van der Waals surface area (Å²) in [6.07, 6.45) is 1.87. The average molecular weight is 401 g/mol. The van der Waals surface area contributed by atoms with E-state index in [0.717, 1.165) is 48.1 Å². The van der Waals surface area contributed by atoms with E-state index in [-0.39, 0.29) is 17.4 Å². The molecule has 1 N–H and O–H groups in total. The maximum Gasteiger partial charge on any atom is 0.261 e.